The molecule has 9 nitrogen and oxygen atoms in total. The number of hydrogen-bond donors (Lipinski definition) is 4. The lowest BCUT2D eigenvalue weighted by atomic mass is 10.1. The van der Waals surface area contributed by atoms with E-state index >= 15 is 0 Å². The Bertz CT molecular complexity index is 1410. The molecule has 4 aromatic rings. The van der Waals surface area contributed by atoms with Gasteiger partial charge in [0.2, 0.25) is 5.91 Å². The number of amides is 1. The van der Waals surface area contributed by atoms with Gasteiger partial charge in [0.25, 0.3) is 0 Å². The number of benzene rings is 2. The number of rotatable bonds is 7. The number of nitrogens with two attached hydrogens (primary N) is 2. The average molecular weight is 488 g/mol. The fourth-order valence-corrected chi connectivity index (χ4v) is 5.12. The van der Waals surface area contributed by atoms with Crippen LogP contribution in [-0.2, 0) is 11.3 Å². The third-order valence-corrected chi connectivity index (χ3v) is 6.97. The highest BCUT2D eigenvalue weighted by Crippen LogP contribution is 2.36. The number of primary amides is 1. The first-order valence-corrected chi connectivity index (χ1v) is 12.0. The number of carbonyl (C=O) groups is 1. The number of aromatic nitrogens is 2. The van der Waals surface area contributed by atoms with E-state index in [-0.39, 0.29) is 0 Å². The number of nitrogens with one attached hydrogen (secondary N) is 2. The molecule has 0 unspecified atom stereocenters. The van der Waals surface area contributed by atoms with Crippen molar-refractivity contribution in [3.63, 3.8) is 0 Å². The summed E-state index contributed by atoms with van der Waals surface area (Å²) >= 11 is 1.63. The van der Waals surface area contributed by atoms with Crippen molar-refractivity contribution in [1.29, 1.82) is 5.41 Å². The Morgan fingerprint density at radius 1 is 1.17 bits per heavy atom. The number of morpholine rings is 1. The topological polar surface area (TPSA) is 143 Å². The molecule has 5 rings (SSSR count). The van der Waals surface area contributed by atoms with E-state index in [0.717, 1.165) is 45.3 Å². The van der Waals surface area contributed by atoms with E-state index in [2.05, 4.69) is 16.3 Å². The molecule has 0 saturated carbocycles. The summed E-state index contributed by atoms with van der Waals surface area (Å²) < 4.78 is 6.55. The van der Waals surface area contributed by atoms with Crippen molar-refractivity contribution < 1.29 is 9.53 Å². The molecular formula is C25H25N7O2S. The van der Waals surface area contributed by atoms with Gasteiger partial charge < -0.3 is 31.8 Å². The first-order chi connectivity index (χ1) is 17.0. The Kier molecular flexibility index (Phi) is 6.30. The van der Waals surface area contributed by atoms with Crippen LogP contribution in [-0.4, -0.2) is 48.4 Å². The van der Waals surface area contributed by atoms with E-state index in [1.54, 1.807) is 35.6 Å². The Balaban J connectivity index is 1.54. The maximum Gasteiger partial charge on any atom is 0.248 e. The molecule has 0 radical (unpaired) electrons. The van der Waals surface area contributed by atoms with Crippen molar-refractivity contribution in [3.8, 4) is 11.4 Å². The molecule has 0 aliphatic carbocycles. The van der Waals surface area contributed by atoms with Crippen LogP contribution in [0.4, 0.5) is 17.2 Å². The number of hydrogen-bond acceptors (Lipinski definition) is 9. The van der Waals surface area contributed by atoms with Crippen molar-refractivity contribution >= 4 is 50.9 Å². The Hall–Kier alpha value is -4.02. The van der Waals surface area contributed by atoms with E-state index in [9.17, 15) is 4.79 Å². The summed E-state index contributed by atoms with van der Waals surface area (Å²) in [5.74, 6) is 0.939. The molecule has 10 heteroatoms. The number of thiophene rings is 1. The largest absolute Gasteiger partial charge is 0.398 e. The van der Waals surface area contributed by atoms with Gasteiger partial charge >= 0.3 is 0 Å². The summed E-state index contributed by atoms with van der Waals surface area (Å²) in [6, 6.07) is 14.7. The fourth-order valence-electron chi connectivity index (χ4n) is 4.07. The van der Waals surface area contributed by atoms with Crippen LogP contribution in [0.1, 0.15) is 20.8 Å². The first-order valence-electron chi connectivity index (χ1n) is 11.2. The molecule has 3 heterocycles. The van der Waals surface area contributed by atoms with Gasteiger partial charge in [-0.15, -0.1) is 11.3 Å². The minimum absolute atomic E-state index is 0.459. The van der Waals surface area contributed by atoms with Crippen molar-refractivity contribution in [2.75, 3.05) is 42.3 Å². The highest BCUT2D eigenvalue weighted by Gasteiger charge is 2.21. The second kappa shape index (κ2) is 9.69. The molecule has 1 fully saturated rings. The fraction of sp³-hybridized carbons (Fsp3) is 0.200. The Morgan fingerprint density at radius 2 is 1.97 bits per heavy atom. The third-order valence-electron chi connectivity index (χ3n) is 5.85. The maximum atomic E-state index is 11.5. The molecule has 2 aromatic carbocycles. The molecule has 1 aliphatic rings. The lowest BCUT2D eigenvalue weighted by Gasteiger charge is -2.28. The van der Waals surface area contributed by atoms with Crippen LogP contribution in [0.2, 0.25) is 0 Å². The standard InChI is InChI=1S/C25H25N7O2S/c26-13-19-18(5-2-6-20(19)27)24-30-21-12-17(14-29-16-4-1-3-15(11-16)23(28)33)35-22(21)25(31-24)32-7-9-34-10-8-32/h1-6,11-13,26,29H,7-10,14,27H2,(H2,28,33). The van der Waals surface area contributed by atoms with Crippen molar-refractivity contribution in [1.82, 2.24) is 9.97 Å². The van der Waals surface area contributed by atoms with Gasteiger partial charge in [0.15, 0.2) is 11.6 Å². The van der Waals surface area contributed by atoms with E-state index < -0.39 is 5.91 Å². The summed E-state index contributed by atoms with van der Waals surface area (Å²) in [5.41, 5.74) is 15.5. The van der Waals surface area contributed by atoms with Crippen LogP contribution in [0.3, 0.4) is 0 Å². The Morgan fingerprint density at radius 3 is 2.74 bits per heavy atom. The van der Waals surface area contributed by atoms with Crippen LogP contribution in [0, 0.1) is 5.41 Å². The molecule has 2 aromatic heterocycles. The molecule has 0 bridgehead atoms. The van der Waals surface area contributed by atoms with Crippen LogP contribution in [0.25, 0.3) is 21.6 Å². The predicted octanol–water partition coefficient (Wildman–Crippen LogP) is 3.49. The molecule has 1 amide bonds. The average Bonchev–Trinajstić information content (AvgIpc) is 3.30. The molecule has 35 heavy (non-hydrogen) atoms. The minimum Gasteiger partial charge on any atom is -0.398 e. The zero-order valence-corrected chi connectivity index (χ0v) is 19.8. The number of ether oxygens (including phenoxy) is 1. The first kappa shape index (κ1) is 22.8. The SMILES string of the molecule is N=Cc1c(N)cccc1-c1nc(N2CCOCC2)c2sc(CNc3cccc(C(N)=O)c3)cc2n1. The van der Waals surface area contributed by atoms with Gasteiger partial charge in [-0.05, 0) is 30.3 Å². The third kappa shape index (κ3) is 4.66. The quantitative estimate of drug-likeness (QED) is 0.231. The number of anilines is 3. The van der Waals surface area contributed by atoms with Crippen molar-refractivity contribution in [2.45, 2.75) is 6.54 Å². The second-order valence-corrected chi connectivity index (χ2v) is 9.29. The zero-order chi connectivity index (χ0) is 24.4. The number of nitrogens with zero attached hydrogens (tertiary/aromatic N) is 3. The number of nitrogen functional groups attached to an aromatic ring is 1. The normalized spacial score (nSPS) is 13.7. The van der Waals surface area contributed by atoms with Gasteiger partial charge in [0, 0.05) is 58.8 Å². The summed E-state index contributed by atoms with van der Waals surface area (Å²) in [5, 5.41) is 11.2. The lowest BCUT2D eigenvalue weighted by molar-refractivity contribution is 0.100. The molecule has 6 N–H and O–H groups in total. The van der Waals surface area contributed by atoms with Crippen molar-refractivity contribution in [3.05, 3.63) is 64.5 Å². The summed E-state index contributed by atoms with van der Waals surface area (Å²) in [7, 11) is 0. The van der Waals surface area contributed by atoms with Gasteiger partial charge in [0.1, 0.15) is 0 Å². The van der Waals surface area contributed by atoms with Crippen molar-refractivity contribution in [2.24, 2.45) is 5.73 Å². The zero-order valence-electron chi connectivity index (χ0n) is 19.0. The smallest absolute Gasteiger partial charge is 0.248 e. The van der Waals surface area contributed by atoms with Gasteiger partial charge in [-0.2, -0.15) is 0 Å². The summed E-state index contributed by atoms with van der Waals surface area (Å²) in [6.45, 7) is 3.32. The predicted molar refractivity (Wildman–Crippen MR) is 140 cm³/mol. The lowest BCUT2D eigenvalue weighted by Crippen LogP contribution is -2.36. The highest BCUT2D eigenvalue weighted by atomic mass is 32.1. The van der Waals surface area contributed by atoms with Gasteiger partial charge in [-0.3, -0.25) is 4.79 Å². The van der Waals surface area contributed by atoms with Crippen LogP contribution < -0.4 is 21.7 Å². The summed E-state index contributed by atoms with van der Waals surface area (Å²) in [6.07, 6.45) is 1.25. The van der Waals surface area contributed by atoms with E-state index in [1.165, 1.54) is 6.21 Å². The molecule has 1 aliphatic heterocycles. The number of carbonyl (C=O) groups excluding carboxylic acids is 1. The van der Waals surface area contributed by atoms with E-state index in [1.807, 2.05) is 18.2 Å². The molecule has 0 atom stereocenters. The minimum atomic E-state index is -0.459. The monoisotopic (exact) mass is 487 g/mol. The van der Waals surface area contributed by atoms with Crippen LogP contribution in [0.15, 0.2) is 48.5 Å². The Labute approximate surface area is 206 Å². The maximum absolute atomic E-state index is 11.5. The molecule has 0 spiro atoms. The van der Waals surface area contributed by atoms with Gasteiger partial charge in [-0.1, -0.05) is 18.2 Å². The molecule has 178 valence electrons. The molecular weight excluding hydrogens is 462 g/mol. The van der Waals surface area contributed by atoms with Gasteiger partial charge in [0.05, 0.1) is 23.4 Å². The van der Waals surface area contributed by atoms with Crippen LogP contribution in [0.5, 0.6) is 0 Å². The van der Waals surface area contributed by atoms with E-state index in [0.29, 0.717) is 42.4 Å². The summed E-state index contributed by atoms with van der Waals surface area (Å²) in [4.78, 5) is 24.6. The second-order valence-electron chi connectivity index (χ2n) is 8.15. The van der Waals surface area contributed by atoms with Crippen LogP contribution >= 0.6 is 11.3 Å². The number of fused-ring (bicyclic) bond motifs is 1. The highest BCUT2D eigenvalue weighted by molar-refractivity contribution is 7.19. The molecule has 1 saturated heterocycles. The van der Waals surface area contributed by atoms with Gasteiger partial charge in [-0.25, -0.2) is 9.97 Å². The van der Waals surface area contributed by atoms with E-state index in [4.69, 9.17) is 31.6 Å².